The summed E-state index contributed by atoms with van der Waals surface area (Å²) in [5.41, 5.74) is 0.469. The number of carbonyl (C=O) groups excluding carboxylic acids is 2. The van der Waals surface area contributed by atoms with Crippen molar-refractivity contribution in [2.24, 2.45) is 5.41 Å². The van der Waals surface area contributed by atoms with E-state index in [4.69, 9.17) is 0 Å². The molecule has 1 aromatic rings. The van der Waals surface area contributed by atoms with Crippen LogP contribution < -0.4 is 0 Å². The molecular weight excluding hydrogens is 620 g/mol. The van der Waals surface area contributed by atoms with Gasteiger partial charge in [-0.3, -0.25) is 9.59 Å². The van der Waals surface area contributed by atoms with E-state index in [1.54, 1.807) is 0 Å². The third-order valence-electron chi connectivity index (χ3n) is 6.06. The van der Waals surface area contributed by atoms with Crippen LogP contribution in [0.15, 0.2) is 7.57 Å². The van der Waals surface area contributed by atoms with E-state index in [1.165, 1.54) is 69.1 Å². The predicted octanol–water partition coefficient (Wildman–Crippen LogP) is 13.1. The maximum absolute atomic E-state index is 13.4. The van der Waals surface area contributed by atoms with Crippen molar-refractivity contribution in [1.82, 2.24) is 0 Å². The van der Waals surface area contributed by atoms with Gasteiger partial charge in [0.15, 0.2) is 11.6 Å². The summed E-state index contributed by atoms with van der Waals surface area (Å²) < 4.78 is 1.61. The zero-order chi connectivity index (χ0) is 28.6. The van der Waals surface area contributed by atoms with Crippen molar-refractivity contribution in [3.63, 3.8) is 0 Å². The van der Waals surface area contributed by atoms with Crippen molar-refractivity contribution in [1.29, 1.82) is 0 Å². The first-order chi connectivity index (χ1) is 17.5. The first-order valence-corrected chi connectivity index (χ1v) is 17.6. The summed E-state index contributed by atoms with van der Waals surface area (Å²) in [4.78, 5) is 26.9. The topological polar surface area (TPSA) is 34.1 Å². The number of alkyl halides is 1. The third-order valence-corrected chi connectivity index (χ3v) is 8.59. The van der Waals surface area contributed by atoms with Crippen LogP contribution in [-0.4, -0.2) is 17.9 Å². The molecule has 0 saturated carbocycles. The van der Waals surface area contributed by atoms with Crippen molar-refractivity contribution in [2.75, 3.05) is 6.38 Å². The van der Waals surface area contributed by atoms with Crippen LogP contribution in [0.4, 0.5) is 0 Å². The molecule has 0 aromatic carbocycles. The maximum atomic E-state index is 13.4. The van der Waals surface area contributed by atoms with Crippen LogP contribution in [0.25, 0.3) is 0 Å². The number of ketones is 2. The van der Waals surface area contributed by atoms with Gasteiger partial charge in [0.2, 0.25) is 0 Å². The number of halogens is 3. The highest BCUT2D eigenvalue weighted by Gasteiger charge is 2.54. The zero-order valence-corrected chi connectivity index (χ0v) is 29.5. The van der Waals surface area contributed by atoms with Crippen LogP contribution in [-0.2, 0) is 0 Å². The Hall–Kier alpha value is 0.290. The van der Waals surface area contributed by atoms with Crippen LogP contribution in [0.3, 0.4) is 0 Å². The fourth-order valence-electron chi connectivity index (χ4n) is 4.36. The fraction of sp³-hybridized carbons (Fsp3) is 0.800. The summed E-state index contributed by atoms with van der Waals surface area (Å²) in [6.07, 6.45) is 17.0. The Labute approximate surface area is 250 Å². The highest BCUT2D eigenvalue weighted by Crippen LogP contribution is 2.52. The minimum atomic E-state index is -0.806. The second-order valence-corrected chi connectivity index (χ2v) is 11.8. The molecule has 2 nitrogen and oxygen atoms in total. The molecule has 0 amide bonds. The second kappa shape index (κ2) is 26.9. The molecule has 0 bridgehead atoms. The van der Waals surface area contributed by atoms with Gasteiger partial charge in [-0.15, -0.1) is 22.9 Å². The van der Waals surface area contributed by atoms with Crippen molar-refractivity contribution in [3.05, 3.63) is 18.7 Å². The highest BCUT2D eigenvalue weighted by atomic mass is 79.9. The van der Waals surface area contributed by atoms with Gasteiger partial charge < -0.3 is 0 Å². The number of carbonyl (C=O) groups is 2. The van der Waals surface area contributed by atoms with E-state index in [1.807, 2.05) is 41.5 Å². The minimum absolute atomic E-state index is 0.0726. The van der Waals surface area contributed by atoms with Crippen LogP contribution in [0.2, 0.25) is 0 Å². The summed E-state index contributed by atoms with van der Waals surface area (Å²) in [7, 11) is 0. The van der Waals surface area contributed by atoms with Crippen molar-refractivity contribution in [2.45, 2.75) is 145 Å². The number of Topliss-reactive ketones (excluding diaryl/α,β-unsaturated/α-hetero) is 2. The Kier molecular flexibility index (Phi) is 30.4. The van der Waals surface area contributed by atoms with Crippen molar-refractivity contribution < 1.29 is 9.59 Å². The van der Waals surface area contributed by atoms with Crippen LogP contribution in [0.5, 0.6) is 0 Å². The molecule has 214 valence electrons. The summed E-state index contributed by atoms with van der Waals surface area (Å²) in [5, 5.41) is 0. The molecule has 36 heavy (non-hydrogen) atoms. The predicted molar refractivity (Wildman–Crippen MR) is 173 cm³/mol. The Morgan fingerprint density at radius 2 is 0.861 bits per heavy atom. The summed E-state index contributed by atoms with van der Waals surface area (Å²) in [5.74, 6) is 0.145. The monoisotopic (exact) mass is 672 g/mol. The van der Waals surface area contributed by atoms with E-state index in [9.17, 15) is 9.59 Å². The van der Waals surface area contributed by atoms with Gasteiger partial charge in [0, 0.05) is 6.38 Å². The van der Waals surface area contributed by atoms with E-state index in [0.717, 1.165) is 33.3 Å². The summed E-state index contributed by atoms with van der Waals surface area (Å²) in [6.45, 7) is 16.4. The largest absolute Gasteiger partial charge is 0.293 e. The zero-order valence-electron chi connectivity index (χ0n) is 24.8. The molecule has 0 saturated heterocycles. The van der Waals surface area contributed by atoms with Crippen LogP contribution in [0, 0.1) is 5.41 Å². The molecule has 0 aliphatic heterocycles. The molecule has 0 unspecified atom stereocenters. The van der Waals surface area contributed by atoms with Gasteiger partial charge in [0.25, 0.3) is 0 Å². The lowest BCUT2D eigenvalue weighted by atomic mass is 9.74. The minimum Gasteiger partial charge on any atom is -0.293 e. The fourth-order valence-corrected chi connectivity index (χ4v) is 7.49. The van der Waals surface area contributed by atoms with E-state index in [2.05, 4.69) is 57.3 Å². The lowest BCUT2D eigenvalue weighted by Gasteiger charge is -2.26. The third kappa shape index (κ3) is 12.9. The lowest BCUT2D eigenvalue weighted by Crippen LogP contribution is -2.34. The van der Waals surface area contributed by atoms with Crippen LogP contribution >= 0.6 is 54.8 Å². The van der Waals surface area contributed by atoms with E-state index in [-0.39, 0.29) is 11.6 Å². The summed E-state index contributed by atoms with van der Waals surface area (Å²) in [6, 6.07) is 0. The molecule has 0 N–H and O–H groups in total. The number of hydrogen-bond donors (Lipinski definition) is 0. The molecule has 1 heterocycles. The number of fused-ring (bicyclic) bond motifs is 1. The molecule has 0 spiro atoms. The van der Waals surface area contributed by atoms with Gasteiger partial charge in [-0.05, 0) is 44.7 Å². The van der Waals surface area contributed by atoms with Gasteiger partial charge >= 0.3 is 0 Å². The van der Waals surface area contributed by atoms with Gasteiger partial charge in [-0.2, -0.15) is 0 Å². The Bertz CT molecular complexity index is 620. The normalized spacial score (nSPS) is 12.7. The Balaban J connectivity index is -0.00000124. The molecule has 2 rings (SSSR count). The summed E-state index contributed by atoms with van der Waals surface area (Å²) >= 11 is 13.1. The molecule has 1 aliphatic rings. The molecule has 0 atom stereocenters. The van der Waals surface area contributed by atoms with Crippen molar-refractivity contribution in [3.8, 4) is 0 Å². The quantitative estimate of drug-likeness (QED) is 0.112. The number of rotatable bonds is 14. The standard InChI is InChI=1S/C23H34Br2O2S.3C2H6.CH3Cl/c1-3-5-7-9-11-13-15-23(16-14-12-10-8-6-4-2)19(26)17-18(20(23)27)22(25)28-21(17)24;4*1-2/h3-16H2,1-2H3;3*1-2H3;1H3. The number of hydrogen-bond acceptors (Lipinski definition) is 3. The average molecular weight is 675 g/mol. The molecule has 0 radical (unpaired) electrons. The molecule has 0 fully saturated rings. The molecule has 1 aliphatic carbocycles. The van der Waals surface area contributed by atoms with E-state index >= 15 is 0 Å². The van der Waals surface area contributed by atoms with E-state index < -0.39 is 5.41 Å². The maximum Gasteiger partial charge on any atom is 0.179 e. The van der Waals surface area contributed by atoms with Gasteiger partial charge in [0.05, 0.1) is 24.1 Å². The second-order valence-electron chi connectivity index (χ2n) is 8.18. The molecule has 1 aromatic heterocycles. The SMILES string of the molecule is CC.CC.CC.CCCCCCCCC1(CCCCCCCC)C(=O)c2c(Br)sc(Br)c2C1=O.CCl. The van der Waals surface area contributed by atoms with Gasteiger partial charge in [-0.1, -0.05) is 132 Å². The smallest absolute Gasteiger partial charge is 0.179 e. The van der Waals surface area contributed by atoms with Crippen LogP contribution in [0.1, 0.15) is 166 Å². The molecule has 6 heteroatoms. The number of unbranched alkanes of at least 4 members (excludes halogenated alkanes) is 10. The first-order valence-electron chi connectivity index (χ1n) is 14.4. The Morgan fingerprint density at radius 1 is 0.583 bits per heavy atom. The first kappa shape index (κ1) is 40.8. The van der Waals surface area contributed by atoms with Gasteiger partial charge in [0.1, 0.15) is 0 Å². The van der Waals surface area contributed by atoms with Crippen molar-refractivity contribution >= 4 is 66.4 Å². The Morgan fingerprint density at radius 3 is 1.17 bits per heavy atom. The van der Waals surface area contributed by atoms with E-state index in [0.29, 0.717) is 24.0 Å². The lowest BCUT2D eigenvalue weighted by molar-refractivity contribution is 0.0655. The average Bonchev–Trinajstić information content (AvgIpc) is 3.34. The highest BCUT2D eigenvalue weighted by molar-refractivity contribution is 9.12. The molecular formula is C30H55Br2ClO2S. The number of thiophene rings is 1. The van der Waals surface area contributed by atoms with Gasteiger partial charge in [-0.25, -0.2) is 0 Å².